The highest BCUT2D eigenvalue weighted by Crippen LogP contribution is 2.07. The van der Waals surface area contributed by atoms with E-state index in [-0.39, 0.29) is 25.0 Å². The molecule has 0 fully saturated rings. The van der Waals surface area contributed by atoms with E-state index in [1.54, 1.807) is 6.92 Å². The summed E-state index contributed by atoms with van der Waals surface area (Å²) in [6, 6.07) is 0. The van der Waals surface area contributed by atoms with Crippen molar-refractivity contribution in [1.29, 1.82) is 0 Å². The summed E-state index contributed by atoms with van der Waals surface area (Å²) in [5.74, 6) is -1.89. The summed E-state index contributed by atoms with van der Waals surface area (Å²) >= 11 is 0. The fourth-order valence-electron chi connectivity index (χ4n) is 1.46. The number of carbonyl (C=O) groups is 3. The number of aliphatic carboxylic acids is 1. The summed E-state index contributed by atoms with van der Waals surface area (Å²) in [4.78, 5) is 33.2. The van der Waals surface area contributed by atoms with Gasteiger partial charge in [-0.05, 0) is 0 Å². The van der Waals surface area contributed by atoms with Gasteiger partial charge in [-0.25, -0.2) is 0 Å². The first-order valence-electron chi connectivity index (χ1n) is 5.87. The Kier molecular flexibility index (Phi) is 6.54. The number of carbonyl (C=O) groups excluding carboxylic acids is 2. The van der Waals surface area contributed by atoms with Crippen molar-refractivity contribution in [1.82, 2.24) is 0 Å². The summed E-state index contributed by atoms with van der Waals surface area (Å²) in [6.07, 6.45) is -0.973. The van der Waals surface area contributed by atoms with Crippen molar-refractivity contribution in [3.05, 3.63) is 0 Å². The molecule has 0 amide bonds. The molecule has 0 saturated carbocycles. The zero-order chi connectivity index (χ0) is 14.3. The van der Waals surface area contributed by atoms with Gasteiger partial charge in [0.15, 0.2) is 6.10 Å². The second kappa shape index (κ2) is 7.10. The number of esters is 1. The topological polar surface area (TPSA) is 80.7 Å². The molecule has 0 spiro atoms. The number of ether oxygens (including phenoxy) is 1. The third-order valence-corrected chi connectivity index (χ3v) is 2.19. The van der Waals surface area contributed by atoms with E-state index in [0.29, 0.717) is 11.0 Å². The van der Waals surface area contributed by atoms with E-state index in [4.69, 9.17) is 9.84 Å². The highest BCUT2D eigenvalue weighted by Gasteiger charge is 2.25. The van der Waals surface area contributed by atoms with Crippen LogP contribution < -0.4 is 0 Å². The van der Waals surface area contributed by atoms with Crippen molar-refractivity contribution in [3.8, 4) is 0 Å². The van der Waals surface area contributed by atoms with E-state index < -0.39 is 18.0 Å². The van der Waals surface area contributed by atoms with Crippen LogP contribution in [0.25, 0.3) is 0 Å². The maximum Gasteiger partial charge on any atom is 0.313 e. The Morgan fingerprint density at radius 1 is 1.22 bits per heavy atom. The summed E-state index contributed by atoms with van der Waals surface area (Å²) in [7, 11) is 5.62. The van der Waals surface area contributed by atoms with Crippen molar-refractivity contribution in [2.45, 2.75) is 32.3 Å². The Bertz CT molecular complexity index is 319. The zero-order valence-electron chi connectivity index (χ0n) is 11.4. The molecule has 0 aliphatic heterocycles. The first kappa shape index (κ1) is 16.6. The molecule has 18 heavy (non-hydrogen) atoms. The summed E-state index contributed by atoms with van der Waals surface area (Å²) in [5.41, 5.74) is 0. The van der Waals surface area contributed by atoms with Gasteiger partial charge in [0.05, 0.1) is 27.6 Å². The molecule has 0 saturated heterocycles. The van der Waals surface area contributed by atoms with Crippen molar-refractivity contribution in [3.63, 3.8) is 0 Å². The number of carboxylic acid groups (broad SMARTS) is 1. The monoisotopic (exact) mass is 260 g/mol. The van der Waals surface area contributed by atoms with Crippen molar-refractivity contribution in [2.75, 3.05) is 27.7 Å². The van der Waals surface area contributed by atoms with E-state index in [9.17, 15) is 14.4 Å². The van der Waals surface area contributed by atoms with Crippen LogP contribution in [0.5, 0.6) is 0 Å². The van der Waals surface area contributed by atoms with Crippen LogP contribution in [0.15, 0.2) is 0 Å². The van der Waals surface area contributed by atoms with Gasteiger partial charge in [-0.1, -0.05) is 6.92 Å². The van der Waals surface area contributed by atoms with Crippen molar-refractivity contribution >= 4 is 17.7 Å². The molecule has 0 rings (SSSR count). The SMILES string of the molecule is CCC(=O)CC(=O)OC(CC(=O)O)C[N+](C)(C)C. The van der Waals surface area contributed by atoms with Gasteiger partial charge < -0.3 is 14.3 Å². The Morgan fingerprint density at radius 2 is 1.78 bits per heavy atom. The Morgan fingerprint density at radius 3 is 2.17 bits per heavy atom. The van der Waals surface area contributed by atoms with Crippen molar-refractivity contribution < 1.29 is 28.7 Å². The first-order valence-corrected chi connectivity index (χ1v) is 5.87. The quantitative estimate of drug-likeness (QED) is 0.389. The summed E-state index contributed by atoms with van der Waals surface area (Å²) in [5, 5.41) is 8.76. The normalized spacial score (nSPS) is 12.9. The molecule has 0 aliphatic carbocycles. The molecular formula is C12H22NO5+. The third-order valence-electron chi connectivity index (χ3n) is 2.19. The van der Waals surface area contributed by atoms with Gasteiger partial charge in [0.25, 0.3) is 0 Å². The van der Waals surface area contributed by atoms with E-state index in [1.807, 2.05) is 21.1 Å². The van der Waals surface area contributed by atoms with Crippen LogP contribution in [-0.2, 0) is 19.1 Å². The van der Waals surface area contributed by atoms with Crippen molar-refractivity contribution in [2.24, 2.45) is 0 Å². The van der Waals surface area contributed by atoms with Crippen LogP contribution >= 0.6 is 0 Å². The molecule has 6 heteroatoms. The Hall–Kier alpha value is -1.43. The third kappa shape index (κ3) is 8.69. The van der Waals surface area contributed by atoms with Crippen LogP contribution in [0.2, 0.25) is 0 Å². The molecule has 1 unspecified atom stereocenters. The fraction of sp³-hybridized carbons (Fsp3) is 0.750. The van der Waals surface area contributed by atoms with Gasteiger partial charge in [-0.2, -0.15) is 0 Å². The van der Waals surface area contributed by atoms with Gasteiger partial charge >= 0.3 is 11.9 Å². The minimum absolute atomic E-state index is 0.209. The molecule has 6 nitrogen and oxygen atoms in total. The number of likely N-dealkylation sites (N-methyl/N-ethyl adjacent to an activating group) is 1. The lowest BCUT2D eigenvalue weighted by molar-refractivity contribution is -0.873. The fourth-order valence-corrected chi connectivity index (χ4v) is 1.46. The summed E-state index contributed by atoms with van der Waals surface area (Å²) in [6.45, 7) is 2.05. The maximum atomic E-state index is 11.4. The number of ketones is 1. The minimum atomic E-state index is -1.02. The second-order valence-electron chi connectivity index (χ2n) is 5.25. The number of hydrogen-bond donors (Lipinski definition) is 1. The number of nitrogens with zero attached hydrogens (tertiary/aromatic N) is 1. The minimum Gasteiger partial charge on any atom is -0.481 e. The number of rotatable bonds is 8. The van der Waals surface area contributed by atoms with Gasteiger partial charge in [0.2, 0.25) is 0 Å². The molecular weight excluding hydrogens is 238 g/mol. The largest absolute Gasteiger partial charge is 0.481 e. The molecule has 1 atom stereocenters. The van der Waals surface area contributed by atoms with Crippen LogP contribution in [-0.4, -0.2) is 61.1 Å². The number of Topliss-reactive ketones (excluding diaryl/α,β-unsaturated/α-hetero) is 1. The molecule has 0 aromatic heterocycles. The predicted octanol–water partition coefficient (Wildman–Crippen LogP) is 0.448. The van der Waals surface area contributed by atoms with Gasteiger partial charge in [0.1, 0.15) is 18.7 Å². The lowest BCUT2D eigenvalue weighted by atomic mass is 10.2. The number of hydrogen-bond acceptors (Lipinski definition) is 4. The zero-order valence-corrected chi connectivity index (χ0v) is 11.4. The Labute approximate surface area is 107 Å². The van der Waals surface area contributed by atoms with Gasteiger partial charge in [-0.15, -0.1) is 0 Å². The predicted molar refractivity (Wildman–Crippen MR) is 64.9 cm³/mol. The highest BCUT2D eigenvalue weighted by atomic mass is 16.5. The van der Waals surface area contributed by atoms with Crippen LogP contribution in [0, 0.1) is 0 Å². The number of quaternary nitrogens is 1. The van der Waals surface area contributed by atoms with Gasteiger partial charge in [-0.3, -0.25) is 14.4 Å². The summed E-state index contributed by atoms with van der Waals surface area (Å²) < 4.78 is 5.53. The number of carboxylic acids is 1. The highest BCUT2D eigenvalue weighted by molar-refractivity contribution is 5.95. The average molecular weight is 260 g/mol. The lowest BCUT2D eigenvalue weighted by Crippen LogP contribution is -2.44. The average Bonchev–Trinajstić information content (AvgIpc) is 2.12. The van der Waals surface area contributed by atoms with Crippen LogP contribution in [0.1, 0.15) is 26.2 Å². The molecule has 0 radical (unpaired) electrons. The van der Waals surface area contributed by atoms with E-state index >= 15 is 0 Å². The smallest absolute Gasteiger partial charge is 0.313 e. The van der Waals surface area contributed by atoms with E-state index in [0.717, 1.165) is 0 Å². The molecule has 0 aromatic carbocycles. The molecule has 104 valence electrons. The van der Waals surface area contributed by atoms with E-state index in [2.05, 4.69) is 0 Å². The van der Waals surface area contributed by atoms with Gasteiger partial charge in [0, 0.05) is 6.42 Å². The first-order chi connectivity index (χ1) is 8.14. The second-order valence-corrected chi connectivity index (χ2v) is 5.25. The molecule has 0 aromatic rings. The molecule has 0 aliphatic rings. The van der Waals surface area contributed by atoms with Crippen LogP contribution in [0.4, 0.5) is 0 Å². The lowest BCUT2D eigenvalue weighted by Gasteiger charge is -2.28. The standard InChI is InChI=1S/C12H21NO5/c1-5-9(14)6-12(17)18-10(7-11(15)16)8-13(2,3)4/h10H,5-8H2,1-4H3/p+1. The Balaban J connectivity index is 4.44. The van der Waals surface area contributed by atoms with Crippen LogP contribution in [0.3, 0.4) is 0 Å². The van der Waals surface area contributed by atoms with E-state index in [1.165, 1.54) is 0 Å². The molecule has 1 N–H and O–H groups in total. The molecule has 0 bridgehead atoms. The maximum absolute atomic E-state index is 11.4. The molecule has 0 heterocycles.